The lowest BCUT2D eigenvalue weighted by Crippen LogP contribution is -2.34. The van der Waals surface area contributed by atoms with Crippen molar-refractivity contribution < 1.29 is 9.53 Å². The highest BCUT2D eigenvalue weighted by atomic mass is 79.9. The van der Waals surface area contributed by atoms with Gasteiger partial charge in [-0.05, 0) is 64.2 Å². The summed E-state index contributed by atoms with van der Waals surface area (Å²) in [7, 11) is 0. The first-order valence-electron chi connectivity index (χ1n) is 8.61. The second-order valence-electron chi connectivity index (χ2n) is 5.93. The summed E-state index contributed by atoms with van der Waals surface area (Å²) in [4.78, 5) is 12.5. The average Bonchev–Trinajstić information content (AvgIpc) is 2.67. The number of hydrogen-bond donors (Lipinski definition) is 2. The van der Waals surface area contributed by atoms with Crippen LogP contribution >= 0.6 is 28.1 Å². The Balaban J connectivity index is 1.68. The van der Waals surface area contributed by atoms with Gasteiger partial charge in [0, 0.05) is 16.6 Å². The molecule has 0 fully saturated rings. The largest absolute Gasteiger partial charge is 0.492 e. The molecule has 6 heteroatoms. The quantitative estimate of drug-likeness (QED) is 0.510. The Morgan fingerprint density at radius 2 is 1.89 bits per heavy atom. The van der Waals surface area contributed by atoms with Crippen molar-refractivity contribution in [3.8, 4) is 5.75 Å². The van der Waals surface area contributed by atoms with E-state index in [0.29, 0.717) is 17.9 Å². The SMILES string of the molecule is CCCOc1ccc(C(=O)NC(=S)Nc2cccc3ccccc23)cc1Br. The molecule has 3 rings (SSSR count). The highest BCUT2D eigenvalue weighted by molar-refractivity contribution is 9.10. The fourth-order valence-electron chi connectivity index (χ4n) is 2.63. The maximum atomic E-state index is 12.5. The van der Waals surface area contributed by atoms with Crippen molar-refractivity contribution >= 4 is 55.6 Å². The minimum Gasteiger partial charge on any atom is -0.492 e. The normalized spacial score (nSPS) is 10.4. The summed E-state index contributed by atoms with van der Waals surface area (Å²) in [6.45, 7) is 2.67. The minimum atomic E-state index is -0.282. The standard InChI is InChI=1S/C21H19BrN2O2S/c1-2-12-26-19-11-10-15(13-17(19)22)20(25)24-21(27)23-18-9-5-7-14-6-3-4-8-16(14)18/h3-11,13H,2,12H2,1H3,(H2,23,24,25,27). The molecular formula is C21H19BrN2O2S. The predicted molar refractivity (Wildman–Crippen MR) is 118 cm³/mol. The van der Waals surface area contributed by atoms with Crippen LogP contribution in [0, 0.1) is 0 Å². The minimum absolute atomic E-state index is 0.249. The molecule has 138 valence electrons. The van der Waals surface area contributed by atoms with Gasteiger partial charge in [-0.25, -0.2) is 0 Å². The fraction of sp³-hybridized carbons (Fsp3) is 0.143. The van der Waals surface area contributed by atoms with Crippen molar-refractivity contribution in [3.63, 3.8) is 0 Å². The van der Waals surface area contributed by atoms with Gasteiger partial charge >= 0.3 is 0 Å². The van der Waals surface area contributed by atoms with Crippen molar-refractivity contribution in [2.45, 2.75) is 13.3 Å². The van der Waals surface area contributed by atoms with Gasteiger partial charge in [0.25, 0.3) is 5.91 Å². The zero-order valence-corrected chi connectivity index (χ0v) is 17.2. The number of carbonyl (C=O) groups is 1. The van der Waals surface area contributed by atoms with Gasteiger partial charge in [0.1, 0.15) is 5.75 Å². The first kappa shape index (κ1) is 19.3. The van der Waals surface area contributed by atoms with Gasteiger partial charge in [-0.1, -0.05) is 43.3 Å². The lowest BCUT2D eigenvalue weighted by atomic mass is 10.1. The van der Waals surface area contributed by atoms with Crippen LogP contribution in [0.5, 0.6) is 5.75 Å². The molecule has 0 aliphatic heterocycles. The molecule has 3 aromatic carbocycles. The molecule has 0 saturated carbocycles. The lowest BCUT2D eigenvalue weighted by Gasteiger charge is -2.13. The molecule has 0 saturated heterocycles. The van der Waals surface area contributed by atoms with Gasteiger partial charge in [-0.2, -0.15) is 0 Å². The molecule has 0 heterocycles. The first-order valence-corrected chi connectivity index (χ1v) is 9.81. The Kier molecular flexibility index (Phi) is 6.42. The number of carbonyl (C=O) groups excluding carboxylic acids is 1. The highest BCUT2D eigenvalue weighted by Crippen LogP contribution is 2.26. The van der Waals surface area contributed by atoms with Crippen molar-refractivity contribution in [3.05, 3.63) is 70.7 Å². The van der Waals surface area contributed by atoms with E-state index in [4.69, 9.17) is 17.0 Å². The zero-order chi connectivity index (χ0) is 19.2. The number of hydrogen-bond acceptors (Lipinski definition) is 3. The predicted octanol–water partition coefficient (Wildman–Crippen LogP) is 5.52. The zero-order valence-electron chi connectivity index (χ0n) is 14.8. The summed E-state index contributed by atoms with van der Waals surface area (Å²) in [6, 6.07) is 19.1. The molecule has 0 spiro atoms. The summed E-state index contributed by atoms with van der Waals surface area (Å²) in [5.74, 6) is 0.431. The van der Waals surface area contributed by atoms with Crippen molar-refractivity contribution in [1.29, 1.82) is 0 Å². The number of rotatable bonds is 5. The van der Waals surface area contributed by atoms with Gasteiger partial charge in [0.15, 0.2) is 5.11 Å². The van der Waals surface area contributed by atoms with Crippen molar-refractivity contribution in [1.82, 2.24) is 5.32 Å². The fourth-order valence-corrected chi connectivity index (χ4v) is 3.33. The monoisotopic (exact) mass is 442 g/mol. The Labute approximate surface area is 172 Å². The third kappa shape index (κ3) is 4.84. The Bertz CT molecular complexity index is 986. The molecule has 0 aliphatic rings. The van der Waals surface area contributed by atoms with Crippen LogP contribution in [0.4, 0.5) is 5.69 Å². The van der Waals surface area contributed by atoms with E-state index in [1.54, 1.807) is 18.2 Å². The third-order valence-corrected chi connectivity index (χ3v) is 4.74. The number of nitrogens with one attached hydrogen (secondary N) is 2. The van der Waals surface area contributed by atoms with Crippen LogP contribution in [0.3, 0.4) is 0 Å². The molecule has 0 radical (unpaired) electrons. The molecule has 3 aromatic rings. The average molecular weight is 443 g/mol. The second-order valence-corrected chi connectivity index (χ2v) is 7.19. The van der Waals surface area contributed by atoms with Gasteiger partial charge < -0.3 is 10.1 Å². The van der Waals surface area contributed by atoms with Crippen molar-refractivity contribution in [2.24, 2.45) is 0 Å². The van der Waals surface area contributed by atoms with Gasteiger partial charge in [0.2, 0.25) is 0 Å². The van der Waals surface area contributed by atoms with Gasteiger partial charge in [-0.3, -0.25) is 10.1 Å². The van der Waals surface area contributed by atoms with Crippen LogP contribution in [0.2, 0.25) is 0 Å². The molecule has 0 aliphatic carbocycles. The van der Waals surface area contributed by atoms with Crippen LogP contribution in [0.15, 0.2) is 65.1 Å². The number of benzene rings is 3. The number of fused-ring (bicyclic) bond motifs is 1. The number of halogens is 1. The van der Waals surface area contributed by atoms with E-state index in [-0.39, 0.29) is 11.0 Å². The summed E-state index contributed by atoms with van der Waals surface area (Å²) < 4.78 is 6.34. The Morgan fingerprint density at radius 1 is 1.11 bits per heavy atom. The van der Waals surface area contributed by atoms with E-state index in [1.807, 2.05) is 49.4 Å². The molecule has 0 atom stereocenters. The first-order chi connectivity index (χ1) is 13.1. The molecule has 4 nitrogen and oxygen atoms in total. The molecule has 27 heavy (non-hydrogen) atoms. The van der Waals surface area contributed by atoms with E-state index in [9.17, 15) is 4.79 Å². The Morgan fingerprint density at radius 3 is 2.67 bits per heavy atom. The van der Waals surface area contributed by atoms with Crippen LogP contribution in [0.25, 0.3) is 10.8 Å². The summed E-state index contributed by atoms with van der Waals surface area (Å²) in [5, 5.41) is 8.21. The summed E-state index contributed by atoms with van der Waals surface area (Å²) >= 11 is 8.75. The maximum absolute atomic E-state index is 12.5. The summed E-state index contributed by atoms with van der Waals surface area (Å²) in [6.07, 6.45) is 0.919. The smallest absolute Gasteiger partial charge is 0.257 e. The van der Waals surface area contributed by atoms with Gasteiger partial charge in [-0.15, -0.1) is 0 Å². The number of thiocarbonyl (C=S) groups is 1. The molecule has 0 bridgehead atoms. The molecule has 2 N–H and O–H groups in total. The topological polar surface area (TPSA) is 50.4 Å². The van der Waals surface area contributed by atoms with Crippen LogP contribution in [0.1, 0.15) is 23.7 Å². The molecule has 1 amide bonds. The van der Waals surface area contributed by atoms with Gasteiger partial charge in [0.05, 0.1) is 11.1 Å². The van der Waals surface area contributed by atoms with E-state index in [2.05, 4.69) is 26.6 Å². The van der Waals surface area contributed by atoms with Crippen LogP contribution in [-0.4, -0.2) is 17.6 Å². The van der Waals surface area contributed by atoms with E-state index in [1.165, 1.54) is 0 Å². The number of anilines is 1. The van der Waals surface area contributed by atoms with E-state index < -0.39 is 0 Å². The second kappa shape index (κ2) is 8.97. The highest BCUT2D eigenvalue weighted by Gasteiger charge is 2.11. The maximum Gasteiger partial charge on any atom is 0.257 e. The number of ether oxygens (including phenoxy) is 1. The Hall–Kier alpha value is -2.44. The molecular weight excluding hydrogens is 424 g/mol. The summed E-state index contributed by atoms with van der Waals surface area (Å²) in [5.41, 5.74) is 1.34. The lowest BCUT2D eigenvalue weighted by molar-refractivity contribution is 0.0977. The van der Waals surface area contributed by atoms with E-state index >= 15 is 0 Å². The van der Waals surface area contributed by atoms with E-state index in [0.717, 1.165) is 27.4 Å². The molecule has 0 unspecified atom stereocenters. The van der Waals surface area contributed by atoms with Crippen LogP contribution < -0.4 is 15.4 Å². The third-order valence-electron chi connectivity index (χ3n) is 3.92. The van der Waals surface area contributed by atoms with Crippen molar-refractivity contribution in [2.75, 3.05) is 11.9 Å². The van der Waals surface area contributed by atoms with Crippen LogP contribution in [-0.2, 0) is 0 Å². The molecule has 0 aromatic heterocycles. The number of amides is 1.